The second kappa shape index (κ2) is 4.09. The van der Waals surface area contributed by atoms with E-state index in [0.717, 1.165) is 5.69 Å². The van der Waals surface area contributed by atoms with Gasteiger partial charge in [0.25, 0.3) is 0 Å². The van der Waals surface area contributed by atoms with Crippen LogP contribution in [0.4, 0.5) is 0 Å². The monoisotopic (exact) mass is 190 g/mol. The first kappa shape index (κ1) is 8.99. The summed E-state index contributed by atoms with van der Waals surface area (Å²) in [4.78, 5) is 8.35. The molecule has 1 aromatic heterocycles. The van der Waals surface area contributed by atoms with Crippen LogP contribution in [0.1, 0.15) is 18.5 Å². The summed E-state index contributed by atoms with van der Waals surface area (Å²) in [5, 5.41) is 3.12. The number of guanidine groups is 1. The Bertz CT molecular complexity index is 316. The van der Waals surface area contributed by atoms with Gasteiger partial charge in [0.1, 0.15) is 0 Å². The summed E-state index contributed by atoms with van der Waals surface area (Å²) in [6.07, 6.45) is 4.18. The second-order valence-corrected chi connectivity index (χ2v) is 3.44. The topological polar surface area (TPSA) is 63.3 Å². The van der Waals surface area contributed by atoms with E-state index in [0.29, 0.717) is 18.5 Å². The number of pyridine rings is 1. The molecule has 1 aromatic rings. The van der Waals surface area contributed by atoms with Gasteiger partial charge in [-0.3, -0.25) is 4.98 Å². The molecule has 0 saturated heterocycles. The average Bonchev–Trinajstić information content (AvgIpc) is 3.00. The Hall–Kier alpha value is -1.58. The van der Waals surface area contributed by atoms with Crippen LogP contribution in [-0.2, 0) is 6.54 Å². The summed E-state index contributed by atoms with van der Waals surface area (Å²) in [5.74, 6) is 0.526. The summed E-state index contributed by atoms with van der Waals surface area (Å²) in [5.41, 5.74) is 6.61. The van der Waals surface area contributed by atoms with Gasteiger partial charge in [0.15, 0.2) is 5.96 Å². The van der Waals surface area contributed by atoms with Crippen molar-refractivity contribution in [1.82, 2.24) is 10.3 Å². The first-order valence-corrected chi connectivity index (χ1v) is 4.81. The van der Waals surface area contributed by atoms with Gasteiger partial charge in [0.2, 0.25) is 0 Å². The zero-order valence-corrected chi connectivity index (χ0v) is 7.98. The van der Waals surface area contributed by atoms with Crippen LogP contribution >= 0.6 is 0 Å². The van der Waals surface area contributed by atoms with Gasteiger partial charge in [-0.1, -0.05) is 6.07 Å². The third-order valence-electron chi connectivity index (χ3n) is 2.07. The molecule has 4 heteroatoms. The second-order valence-electron chi connectivity index (χ2n) is 3.44. The van der Waals surface area contributed by atoms with Crippen LogP contribution < -0.4 is 11.1 Å². The summed E-state index contributed by atoms with van der Waals surface area (Å²) in [6, 6.07) is 6.33. The van der Waals surface area contributed by atoms with E-state index in [4.69, 9.17) is 5.73 Å². The van der Waals surface area contributed by atoms with Gasteiger partial charge in [0, 0.05) is 12.2 Å². The molecule has 0 atom stereocenters. The third-order valence-corrected chi connectivity index (χ3v) is 2.07. The maximum Gasteiger partial charge on any atom is 0.189 e. The maximum atomic E-state index is 5.67. The van der Waals surface area contributed by atoms with Crippen molar-refractivity contribution in [2.45, 2.75) is 25.4 Å². The Morgan fingerprint density at radius 2 is 2.43 bits per heavy atom. The van der Waals surface area contributed by atoms with Gasteiger partial charge in [-0.25, -0.2) is 4.99 Å². The van der Waals surface area contributed by atoms with Crippen LogP contribution in [-0.4, -0.2) is 17.0 Å². The van der Waals surface area contributed by atoms with E-state index >= 15 is 0 Å². The molecule has 3 N–H and O–H groups in total. The minimum atomic E-state index is 0.526. The molecule has 0 unspecified atom stereocenters. The lowest BCUT2D eigenvalue weighted by Crippen LogP contribution is -2.33. The zero-order chi connectivity index (χ0) is 9.80. The van der Waals surface area contributed by atoms with Gasteiger partial charge in [-0.2, -0.15) is 0 Å². The molecule has 0 aromatic carbocycles. The highest BCUT2D eigenvalue weighted by Crippen LogP contribution is 2.17. The number of hydrogen-bond donors (Lipinski definition) is 2. The minimum absolute atomic E-state index is 0.526. The summed E-state index contributed by atoms with van der Waals surface area (Å²) < 4.78 is 0. The van der Waals surface area contributed by atoms with E-state index in [9.17, 15) is 0 Å². The Morgan fingerprint density at radius 3 is 3.07 bits per heavy atom. The fourth-order valence-electron chi connectivity index (χ4n) is 1.14. The average molecular weight is 190 g/mol. The molecule has 1 aliphatic carbocycles. The first-order chi connectivity index (χ1) is 6.84. The lowest BCUT2D eigenvalue weighted by Gasteiger charge is -2.02. The van der Waals surface area contributed by atoms with Gasteiger partial charge in [0.05, 0.1) is 12.2 Å². The van der Waals surface area contributed by atoms with E-state index in [-0.39, 0.29) is 0 Å². The Labute approximate surface area is 83.3 Å². The van der Waals surface area contributed by atoms with Crippen molar-refractivity contribution in [3.8, 4) is 0 Å². The molecule has 0 aliphatic heterocycles. The highest BCUT2D eigenvalue weighted by atomic mass is 15.1. The van der Waals surface area contributed by atoms with Crippen molar-refractivity contribution in [1.29, 1.82) is 0 Å². The van der Waals surface area contributed by atoms with Crippen molar-refractivity contribution in [3.05, 3.63) is 30.1 Å². The smallest absolute Gasteiger partial charge is 0.189 e. The molecule has 1 fully saturated rings. The molecule has 74 valence electrons. The molecule has 0 amide bonds. The van der Waals surface area contributed by atoms with Crippen molar-refractivity contribution in [3.63, 3.8) is 0 Å². The first-order valence-electron chi connectivity index (χ1n) is 4.81. The molecule has 0 radical (unpaired) electrons. The molecular weight excluding hydrogens is 176 g/mol. The van der Waals surface area contributed by atoms with Crippen LogP contribution in [0, 0.1) is 0 Å². The SMILES string of the molecule is NC(=NCc1ccccn1)NC1CC1. The fourth-order valence-corrected chi connectivity index (χ4v) is 1.14. The van der Waals surface area contributed by atoms with E-state index in [2.05, 4.69) is 15.3 Å². The van der Waals surface area contributed by atoms with Crippen LogP contribution in [0.25, 0.3) is 0 Å². The van der Waals surface area contributed by atoms with Gasteiger partial charge >= 0.3 is 0 Å². The predicted molar refractivity (Wildman–Crippen MR) is 55.7 cm³/mol. The number of nitrogens with zero attached hydrogens (tertiary/aromatic N) is 2. The quantitative estimate of drug-likeness (QED) is 0.543. The number of nitrogens with one attached hydrogen (secondary N) is 1. The molecule has 1 saturated carbocycles. The molecule has 1 aliphatic rings. The van der Waals surface area contributed by atoms with Crippen LogP contribution in [0.2, 0.25) is 0 Å². The molecule has 0 spiro atoms. The highest BCUT2D eigenvalue weighted by molar-refractivity contribution is 5.78. The van der Waals surface area contributed by atoms with Crippen molar-refractivity contribution in [2.75, 3.05) is 0 Å². The summed E-state index contributed by atoms with van der Waals surface area (Å²) >= 11 is 0. The van der Waals surface area contributed by atoms with Crippen LogP contribution in [0.5, 0.6) is 0 Å². The standard InChI is InChI=1S/C10H14N4/c11-10(14-8-4-5-8)13-7-9-3-1-2-6-12-9/h1-3,6,8H,4-5,7H2,(H3,11,13,14). The van der Waals surface area contributed by atoms with Gasteiger partial charge in [-0.15, -0.1) is 0 Å². The third kappa shape index (κ3) is 2.73. The summed E-state index contributed by atoms with van der Waals surface area (Å²) in [6.45, 7) is 0.548. The van der Waals surface area contributed by atoms with Crippen LogP contribution in [0.15, 0.2) is 29.4 Å². The number of aliphatic imine (C=N–C) groups is 1. The van der Waals surface area contributed by atoms with E-state index in [1.165, 1.54) is 12.8 Å². The number of rotatable bonds is 3. The van der Waals surface area contributed by atoms with Gasteiger partial charge < -0.3 is 11.1 Å². The molecule has 1 heterocycles. The summed E-state index contributed by atoms with van der Waals surface area (Å²) in [7, 11) is 0. The zero-order valence-electron chi connectivity index (χ0n) is 7.98. The highest BCUT2D eigenvalue weighted by Gasteiger charge is 2.21. The van der Waals surface area contributed by atoms with E-state index < -0.39 is 0 Å². The predicted octanol–water partition coefficient (Wildman–Crippen LogP) is 0.648. The molecule has 2 rings (SSSR count). The van der Waals surface area contributed by atoms with Crippen LogP contribution in [0.3, 0.4) is 0 Å². The minimum Gasteiger partial charge on any atom is -0.370 e. The largest absolute Gasteiger partial charge is 0.370 e. The van der Waals surface area contributed by atoms with Gasteiger partial charge in [-0.05, 0) is 25.0 Å². The molecule has 14 heavy (non-hydrogen) atoms. The number of aromatic nitrogens is 1. The van der Waals surface area contributed by atoms with Crippen molar-refractivity contribution in [2.24, 2.45) is 10.7 Å². The Kier molecular flexibility index (Phi) is 2.62. The lowest BCUT2D eigenvalue weighted by molar-refractivity contribution is 0.872. The van der Waals surface area contributed by atoms with Crippen molar-refractivity contribution >= 4 is 5.96 Å². The molecule has 0 bridgehead atoms. The van der Waals surface area contributed by atoms with E-state index in [1.54, 1.807) is 6.20 Å². The Morgan fingerprint density at radius 1 is 1.57 bits per heavy atom. The van der Waals surface area contributed by atoms with E-state index in [1.807, 2.05) is 18.2 Å². The number of nitrogens with two attached hydrogens (primary N) is 1. The molecule has 4 nitrogen and oxygen atoms in total. The molecular formula is C10H14N4. The normalized spacial score (nSPS) is 16.7. The maximum absolute atomic E-state index is 5.67. The fraction of sp³-hybridized carbons (Fsp3) is 0.400. The number of hydrogen-bond acceptors (Lipinski definition) is 2. The lowest BCUT2D eigenvalue weighted by atomic mass is 10.3. The Balaban J connectivity index is 1.85. The van der Waals surface area contributed by atoms with Crippen molar-refractivity contribution < 1.29 is 0 Å².